The number of benzene rings is 1. The Morgan fingerprint density at radius 2 is 2.00 bits per heavy atom. The molecule has 1 aliphatic heterocycles. The topological polar surface area (TPSA) is 47.4 Å². The maximum absolute atomic E-state index is 14.6. The number of fused-ring (bicyclic) bond motifs is 1. The van der Waals surface area contributed by atoms with E-state index in [4.69, 9.17) is 16.3 Å². The van der Waals surface area contributed by atoms with E-state index in [1.807, 2.05) is 13.8 Å². The number of amides is 1. The lowest BCUT2D eigenvalue weighted by Gasteiger charge is -2.29. The first-order valence-electron chi connectivity index (χ1n) is 7.76. The standard InChI is InChI=1S/C16H14ClF4N3O2S/c1-7(2)27-24-10-4-8(9(18)5-11(10)26-6-12(24)25)14-13(17)15(16(19,20)21)23(3)22-14/h4-5,7H,6H2,1-3H3. The van der Waals surface area contributed by atoms with E-state index >= 15 is 0 Å². The molecule has 2 heterocycles. The lowest BCUT2D eigenvalue weighted by molar-refractivity contribution is -0.143. The molecule has 1 aromatic carbocycles. The average molecular weight is 424 g/mol. The Balaban J connectivity index is 2.17. The first kappa shape index (κ1) is 19.8. The van der Waals surface area contributed by atoms with Crippen LogP contribution in [0.15, 0.2) is 12.1 Å². The number of rotatable bonds is 3. The predicted octanol–water partition coefficient (Wildman–Crippen LogP) is 4.68. The van der Waals surface area contributed by atoms with Crippen LogP contribution in [0, 0.1) is 5.82 Å². The number of alkyl halides is 3. The van der Waals surface area contributed by atoms with Gasteiger partial charge in [-0.1, -0.05) is 25.4 Å². The summed E-state index contributed by atoms with van der Waals surface area (Å²) in [6.45, 7) is 3.47. The zero-order valence-corrected chi connectivity index (χ0v) is 16.0. The highest BCUT2D eigenvalue weighted by molar-refractivity contribution is 8.01. The number of aromatic nitrogens is 2. The highest BCUT2D eigenvalue weighted by Gasteiger charge is 2.40. The molecule has 0 unspecified atom stereocenters. The minimum atomic E-state index is -4.75. The van der Waals surface area contributed by atoms with Crippen LogP contribution in [0.25, 0.3) is 11.3 Å². The van der Waals surface area contributed by atoms with Crippen molar-refractivity contribution in [3.63, 3.8) is 0 Å². The van der Waals surface area contributed by atoms with Crippen LogP contribution >= 0.6 is 23.5 Å². The minimum Gasteiger partial charge on any atom is -0.481 e. The van der Waals surface area contributed by atoms with Crippen LogP contribution in [0.5, 0.6) is 5.75 Å². The normalized spacial score (nSPS) is 14.6. The van der Waals surface area contributed by atoms with Crippen molar-refractivity contribution in [2.45, 2.75) is 25.3 Å². The maximum Gasteiger partial charge on any atom is 0.434 e. The van der Waals surface area contributed by atoms with Crippen LogP contribution in [0.1, 0.15) is 19.5 Å². The molecule has 11 heteroatoms. The molecule has 1 aromatic heterocycles. The molecule has 146 valence electrons. The third kappa shape index (κ3) is 3.60. The number of halogens is 5. The van der Waals surface area contributed by atoms with E-state index in [0.29, 0.717) is 4.68 Å². The van der Waals surface area contributed by atoms with E-state index in [0.717, 1.165) is 13.1 Å². The number of aryl methyl sites for hydroxylation is 1. The highest BCUT2D eigenvalue weighted by atomic mass is 35.5. The summed E-state index contributed by atoms with van der Waals surface area (Å²) >= 11 is 7.06. The summed E-state index contributed by atoms with van der Waals surface area (Å²) in [5.41, 5.74) is -1.56. The van der Waals surface area contributed by atoms with Gasteiger partial charge in [-0.3, -0.25) is 9.48 Å². The molecule has 1 aliphatic rings. The molecule has 0 radical (unpaired) electrons. The Hall–Kier alpha value is -1.94. The van der Waals surface area contributed by atoms with E-state index in [-0.39, 0.29) is 40.5 Å². The third-order valence-electron chi connectivity index (χ3n) is 3.67. The van der Waals surface area contributed by atoms with Gasteiger partial charge in [-0.15, -0.1) is 0 Å². The van der Waals surface area contributed by atoms with E-state index in [1.54, 1.807) is 0 Å². The summed E-state index contributed by atoms with van der Waals surface area (Å²) in [5, 5.41) is 3.05. The second-order valence-electron chi connectivity index (χ2n) is 6.06. The fourth-order valence-electron chi connectivity index (χ4n) is 2.64. The van der Waals surface area contributed by atoms with Crippen LogP contribution in [-0.4, -0.2) is 27.5 Å². The number of hydrogen-bond donors (Lipinski definition) is 0. The van der Waals surface area contributed by atoms with Gasteiger partial charge in [-0.25, -0.2) is 8.70 Å². The molecule has 5 nitrogen and oxygen atoms in total. The molecule has 1 amide bonds. The van der Waals surface area contributed by atoms with Gasteiger partial charge in [0.1, 0.15) is 17.3 Å². The number of nitrogens with zero attached hydrogens (tertiary/aromatic N) is 3. The Bertz CT molecular complexity index is 914. The van der Waals surface area contributed by atoms with Crippen LogP contribution in [-0.2, 0) is 18.0 Å². The molecule has 0 saturated carbocycles. The molecule has 2 aromatic rings. The zero-order chi connectivity index (χ0) is 20.1. The zero-order valence-electron chi connectivity index (χ0n) is 14.4. The van der Waals surface area contributed by atoms with E-state index in [9.17, 15) is 22.4 Å². The van der Waals surface area contributed by atoms with Crippen LogP contribution in [0.3, 0.4) is 0 Å². The van der Waals surface area contributed by atoms with Gasteiger partial charge in [0.15, 0.2) is 12.3 Å². The molecule has 0 bridgehead atoms. The van der Waals surface area contributed by atoms with Gasteiger partial charge in [0.25, 0.3) is 5.91 Å². The maximum atomic E-state index is 14.6. The van der Waals surface area contributed by atoms with Crippen molar-refractivity contribution >= 4 is 35.1 Å². The number of hydrogen-bond acceptors (Lipinski definition) is 4. The van der Waals surface area contributed by atoms with Crippen LogP contribution in [0.2, 0.25) is 5.02 Å². The third-order valence-corrected chi connectivity index (χ3v) is 5.07. The summed E-state index contributed by atoms with van der Waals surface area (Å²) in [6, 6.07) is 2.24. The number of ether oxygens (including phenoxy) is 1. The number of carbonyl (C=O) groups is 1. The van der Waals surface area contributed by atoms with Crippen molar-refractivity contribution in [1.29, 1.82) is 0 Å². The first-order valence-corrected chi connectivity index (χ1v) is 8.98. The highest BCUT2D eigenvalue weighted by Crippen LogP contribution is 2.44. The molecule has 0 aliphatic carbocycles. The van der Waals surface area contributed by atoms with Gasteiger partial charge in [0.05, 0.1) is 10.7 Å². The van der Waals surface area contributed by atoms with Gasteiger partial charge >= 0.3 is 6.18 Å². The summed E-state index contributed by atoms with van der Waals surface area (Å²) in [5.74, 6) is -1.10. The summed E-state index contributed by atoms with van der Waals surface area (Å²) in [7, 11) is 1.07. The Morgan fingerprint density at radius 1 is 1.33 bits per heavy atom. The number of carbonyl (C=O) groups excluding carboxylic acids is 1. The van der Waals surface area contributed by atoms with Crippen molar-refractivity contribution in [3.05, 3.63) is 28.7 Å². The molecule has 0 saturated heterocycles. The fourth-order valence-corrected chi connectivity index (χ4v) is 3.85. The van der Waals surface area contributed by atoms with Gasteiger partial charge < -0.3 is 4.74 Å². The van der Waals surface area contributed by atoms with Gasteiger partial charge in [-0.05, 0) is 18.0 Å². The first-order chi connectivity index (χ1) is 12.5. The molecular weight excluding hydrogens is 410 g/mol. The molecule has 27 heavy (non-hydrogen) atoms. The fraction of sp³-hybridized carbons (Fsp3) is 0.375. The molecule has 0 fully saturated rings. The lowest BCUT2D eigenvalue weighted by atomic mass is 10.1. The summed E-state index contributed by atoms with van der Waals surface area (Å²) in [4.78, 5) is 12.2. The molecule has 3 rings (SSSR count). The smallest absolute Gasteiger partial charge is 0.434 e. The van der Waals surface area contributed by atoms with Crippen LogP contribution < -0.4 is 9.04 Å². The van der Waals surface area contributed by atoms with Crippen molar-refractivity contribution in [2.24, 2.45) is 7.05 Å². The second kappa shape index (κ2) is 6.90. The Kier molecular flexibility index (Phi) is 5.06. The predicted molar refractivity (Wildman–Crippen MR) is 94.3 cm³/mol. The molecule has 0 N–H and O–H groups in total. The monoisotopic (exact) mass is 423 g/mol. The quantitative estimate of drug-likeness (QED) is 0.531. The molecular formula is C16H14ClF4N3O2S. The van der Waals surface area contributed by atoms with Gasteiger partial charge in [-0.2, -0.15) is 18.3 Å². The lowest BCUT2D eigenvalue weighted by Crippen LogP contribution is -2.34. The van der Waals surface area contributed by atoms with Gasteiger partial charge in [0.2, 0.25) is 0 Å². The molecule has 0 spiro atoms. The van der Waals surface area contributed by atoms with Crippen LogP contribution in [0.4, 0.5) is 23.2 Å². The summed E-state index contributed by atoms with van der Waals surface area (Å²) < 4.78 is 61.2. The van der Waals surface area contributed by atoms with Crippen molar-refractivity contribution in [2.75, 3.05) is 10.9 Å². The largest absolute Gasteiger partial charge is 0.481 e. The summed E-state index contributed by atoms with van der Waals surface area (Å²) in [6.07, 6.45) is -4.75. The second-order valence-corrected chi connectivity index (χ2v) is 7.96. The SMILES string of the molecule is CC(C)SN1C(=O)COc2cc(F)c(-c3nn(C)c(C(F)(F)F)c3Cl)cc21. The van der Waals surface area contributed by atoms with Crippen molar-refractivity contribution in [3.8, 4) is 17.0 Å². The Morgan fingerprint density at radius 3 is 2.56 bits per heavy atom. The average Bonchev–Trinajstić information content (AvgIpc) is 2.84. The van der Waals surface area contributed by atoms with Crippen molar-refractivity contribution in [1.82, 2.24) is 9.78 Å². The van der Waals surface area contributed by atoms with Crippen molar-refractivity contribution < 1.29 is 27.1 Å². The number of anilines is 1. The minimum absolute atomic E-state index is 0.0312. The van der Waals surface area contributed by atoms with Gasteiger partial charge in [0, 0.05) is 23.9 Å². The van der Waals surface area contributed by atoms with E-state index in [1.165, 1.54) is 22.3 Å². The van der Waals surface area contributed by atoms with E-state index in [2.05, 4.69) is 5.10 Å². The Labute approximate surface area is 161 Å². The van der Waals surface area contributed by atoms with E-state index < -0.39 is 22.7 Å². The molecule has 0 atom stereocenters.